The number of hydrogen-bond acceptors (Lipinski definition) is 7. The number of piperidine rings is 1. The lowest BCUT2D eigenvalue weighted by Gasteiger charge is -2.32. The number of amides is 4. The minimum Gasteiger partial charge on any atom is -0.494 e. The number of methoxy groups -OCH3 is 1. The van der Waals surface area contributed by atoms with E-state index in [9.17, 15) is 27.6 Å². The molecule has 0 spiro atoms. The van der Waals surface area contributed by atoms with Crippen LogP contribution in [-0.2, 0) is 17.5 Å². The topological polar surface area (TPSA) is 122 Å². The first-order valence-electron chi connectivity index (χ1n) is 14.4. The first kappa shape index (κ1) is 30.1. The van der Waals surface area contributed by atoms with Crippen LogP contribution in [0.5, 0.6) is 5.75 Å². The van der Waals surface area contributed by atoms with Crippen LogP contribution >= 0.6 is 0 Å². The van der Waals surface area contributed by atoms with Gasteiger partial charge in [0, 0.05) is 62.1 Å². The van der Waals surface area contributed by atoms with Gasteiger partial charge in [0.05, 0.1) is 29.9 Å². The Bertz CT molecular complexity index is 1730. The van der Waals surface area contributed by atoms with Gasteiger partial charge in [0.25, 0.3) is 5.91 Å². The minimum absolute atomic E-state index is 0.0179. The van der Waals surface area contributed by atoms with Crippen molar-refractivity contribution in [1.82, 2.24) is 25.0 Å². The zero-order chi connectivity index (χ0) is 31.7. The van der Waals surface area contributed by atoms with E-state index in [0.29, 0.717) is 23.5 Å². The molecule has 0 bridgehead atoms. The first-order valence-corrected chi connectivity index (χ1v) is 14.4. The van der Waals surface area contributed by atoms with Crippen LogP contribution in [0, 0.1) is 0 Å². The first-order chi connectivity index (χ1) is 21.6. The number of nitrogens with zero attached hydrogens (tertiary/aromatic N) is 5. The second-order valence-corrected chi connectivity index (χ2v) is 11.0. The number of pyridine rings is 1. The number of nitrogens with one attached hydrogen (secondary N) is 2. The summed E-state index contributed by atoms with van der Waals surface area (Å²) in [6.45, 7) is 2.87. The number of anilines is 2. The van der Waals surface area contributed by atoms with E-state index in [1.807, 2.05) is 35.1 Å². The number of aromatic nitrogens is 3. The second kappa shape index (κ2) is 12.2. The van der Waals surface area contributed by atoms with E-state index in [0.717, 1.165) is 67.4 Å². The predicted molar refractivity (Wildman–Crippen MR) is 159 cm³/mol. The van der Waals surface area contributed by atoms with E-state index in [2.05, 4.69) is 20.5 Å². The summed E-state index contributed by atoms with van der Waals surface area (Å²) in [4.78, 5) is 43.6. The summed E-state index contributed by atoms with van der Waals surface area (Å²) < 4.78 is 45.9. The number of urea groups is 1. The number of imide groups is 1. The van der Waals surface area contributed by atoms with Crippen LogP contribution in [0.4, 0.5) is 29.3 Å². The number of carbonyl (C=O) groups excluding carboxylic acids is 3. The number of alkyl halides is 3. The van der Waals surface area contributed by atoms with Gasteiger partial charge in [-0.1, -0.05) is 12.1 Å². The Hall–Kier alpha value is -4.98. The fourth-order valence-electron chi connectivity index (χ4n) is 5.61. The molecular weight excluding hydrogens is 591 g/mol. The van der Waals surface area contributed by atoms with E-state index < -0.39 is 23.8 Å². The number of hydrogen-bond donors (Lipinski definition) is 2. The van der Waals surface area contributed by atoms with Gasteiger partial charge in [-0.25, -0.2) is 4.79 Å². The van der Waals surface area contributed by atoms with Crippen LogP contribution < -0.4 is 20.3 Å². The average Bonchev–Trinajstić information content (AvgIpc) is 3.44. The fourth-order valence-corrected chi connectivity index (χ4v) is 5.61. The Labute approximate surface area is 256 Å². The van der Waals surface area contributed by atoms with Gasteiger partial charge in [0.15, 0.2) is 0 Å². The molecule has 14 heteroatoms. The van der Waals surface area contributed by atoms with Crippen molar-refractivity contribution < 1.29 is 32.3 Å². The van der Waals surface area contributed by atoms with Gasteiger partial charge in [0.2, 0.25) is 5.91 Å². The number of likely N-dealkylation sites (tertiary alicyclic amines) is 1. The van der Waals surface area contributed by atoms with Crippen molar-refractivity contribution in [3.8, 4) is 5.75 Å². The van der Waals surface area contributed by atoms with E-state index in [-0.39, 0.29) is 23.9 Å². The summed E-state index contributed by atoms with van der Waals surface area (Å²) in [6.07, 6.45) is 0.274. The number of benzene rings is 2. The lowest BCUT2D eigenvalue weighted by atomic mass is 10.0. The largest absolute Gasteiger partial charge is 0.494 e. The highest BCUT2D eigenvalue weighted by Crippen LogP contribution is 2.33. The molecule has 2 aliphatic heterocycles. The van der Waals surface area contributed by atoms with Crippen molar-refractivity contribution >= 4 is 40.1 Å². The quantitative estimate of drug-likeness (QED) is 0.298. The maximum absolute atomic E-state index is 12.8. The SMILES string of the molecule is COc1cc2nn(C3CCN(Cc4ccc(N5CCC(=O)NC5=O)cc4)CC3)cc2cc1NC(=O)c1ccc(C(F)(F)F)nc1. The van der Waals surface area contributed by atoms with Crippen molar-refractivity contribution in [1.29, 1.82) is 0 Å². The van der Waals surface area contributed by atoms with Crippen LogP contribution in [0.2, 0.25) is 0 Å². The molecular formula is C31H30F3N7O4. The van der Waals surface area contributed by atoms with E-state index in [4.69, 9.17) is 9.84 Å². The van der Waals surface area contributed by atoms with Gasteiger partial charge in [-0.05, 0) is 48.7 Å². The molecule has 6 rings (SSSR count). The molecule has 2 N–H and O–H groups in total. The molecule has 4 aromatic rings. The molecule has 234 valence electrons. The molecule has 2 aromatic heterocycles. The summed E-state index contributed by atoms with van der Waals surface area (Å²) in [5, 5.41) is 10.6. The molecule has 2 aliphatic rings. The Morgan fingerprint density at radius 1 is 1.07 bits per heavy atom. The van der Waals surface area contributed by atoms with Gasteiger partial charge in [-0.15, -0.1) is 0 Å². The molecule has 0 unspecified atom stereocenters. The number of fused-ring (bicyclic) bond motifs is 1. The zero-order valence-electron chi connectivity index (χ0n) is 24.3. The molecule has 0 radical (unpaired) electrons. The van der Waals surface area contributed by atoms with E-state index >= 15 is 0 Å². The molecule has 0 saturated carbocycles. The van der Waals surface area contributed by atoms with Gasteiger partial charge in [0.1, 0.15) is 11.4 Å². The summed E-state index contributed by atoms with van der Waals surface area (Å²) in [5.41, 5.74) is 1.85. The lowest BCUT2D eigenvalue weighted by molar-refractivity contribution is -0.141. The summed E-state index contributed by atoms with van der Waals surface area (Å²) in [6, 6.07) is 12.9. The maximum atomic E-state index is 12.8. The molecule has 11 nitrogen and oxygen atoms in total. The maximum Gasteiger partial charge on any atom is 0.433 e. The predicted octanol–water partition coefficient (Wildman–Crippen LogP) is 4.99. The van der Waals surface area contributed by atoms with Crippen LogP contribution in [0.15, 0.2) is 60.9 Å². The molecule has 4 heterocycles. The standard InChI is InChI=1S/C31H30F3N7O4/c1-45-26-15-24-21(14-25(26)36-29(43)20-4-7-27(35-16-20)31(32,33)34)18-41(38-24)23-8-11-39(12-9-23)17-19-2-5-22(6-3-19)40-13-10-28(42)37-30(40)44/h2-7,14-16,18,23H,8-13,17H2,1H3,(H,36,43)(H,37,42,44). The Kier molecular flexibility index (Phi) is 8.14. The zero-order valence-corrected chi connectivity index (χ0v) is 24.3. The summed E-state index contributed by atoms with van der Waals surface area (Å²) in [7, 11) is 1.46. The van der Waals surface area contributed by atoms with Gasteiger partial charge >= 0.3 is 12.2 Å². The smallest absolute Gasteiger partial charge is 0.433 e. The second-order valence-electron chi connectivity index (χ2n) is 11.0. The van der Waals surface area contributed by atoms with Crippen LogP contribution in [0.3, 0.4) is 0 Å². The molecule has 0 aliphatic carbocycles. The Morgan fingerprint density at radius 3 is 2.47 bits per heavy atom. The highest BCUT2D eigenvalue weighted by atomic mass is 19.4. The number of rotatable bonds is 7. The van der Waals surface area contributed by atoms with Crippen molar-refractivity contribution in [2.75, 3.05) is 37.0 Å². The normalized spacial score (nSPS) is 16.6. The third kappa shape index (κ3) is 6.60. The van der Waals surface area contributed by atoms with Crippen molar-refractivity contribution in [2.24, 2.45) is 0 Å². The molecule has 45 heavy (non-hydrogen) atoms. The monoisotopic (exact) mass is 621 g/mol. The third-order valence-corrected chi connectivity index (χ3v) is 8.05. The number of ether oxygens (including phenoxy) is 1. The van der Waals surface area contributed by atoms with Gasteiger partial charge in [-0.2, -0.15) is 18.3 Å². The number of carbonyl (C=O) groups is 3. The Balaban J connectivity index is 1.07. The van der Waals surface area contributed by atoms with E-state index in [1.54, 1.807) is 17.0 Å². The van der Waals surface area contributed by atoms with E-state index in [1.165, 1.54) is 7.11 Å². The fraction of sp³-hybridized carbons (Fsp3) is 0.323. The number of halogens is 3. The molecule has 2 aromatic carbocycles. The molecule has 4 amide bonds. The average molecular weight is 622 g/mol. The minimum atomic E-state index is -4.59. The van der Waals surface area contributed by atoms with Crippen molar-refractivity contribution in [2.45, 2.75) is 38.0 Å². The third-order valence-electron chi connectivity index (χ3n) is 8.05. The van der Waals surface area contributed by atoms with Gasteiger partial charge in [-0.3, -0.25) is 34.4 Å². The highest BCUT2D eigenvalue weighted by molar-refractivity contribution is 6.06. The summed E-state index contributed by atoms with van der Waals surface area (Å²) >= 11 is 0. The van der Waals surface area contributed by atoms with Gasteiger partial charge < -0.3 is 10.1 Å². The van der Waals surface area contributed by atoms with Crippen molar-refractivity contribution in [3.63, 3.8) is 0 Å². The lowest BCUT2D eigenvalue weighted by Crippen LogP contribution is -2.49. The highest BCUT2D eigenvalue weighted by Gasteiger charge is 2.32. The van der Waals surface area contributed by atoms with Crippen molar-refractivity contribution in [3.05, 3.63) is 77.7 Å². The molecule has 0 atom stereocenters. The van der Waals surface area contributed by atoms with Crippen LogP contribution in [0.25, 0.3) is 10.9 Å². The summed E-state index contributed by atoms with van der Waals surface area (Å²) in [5.74, 6) is -0.502. The molecule has 2 fully saturated rings. The van der Waals surface area contributed by atoms with Crippen LogP contribution in [-0.4, -0.2) is 64.3 Å². The Morgan fingerprint density at radius 2 is 1.82 bits per heavy atom. The molecule has 2 saturated heterocycles. The van der Waals surface area contributed by atoms with Crippen LogP contribution in [0.1, 0.15) is 46.9 Å².